The molecule has 4 aromatic rings. The second-order valence-electron chi connectivity index (χ2n) is 10.1. The first kappa shape index (κ1) is 21.1. The maximum absolute atomic E-state index is 13.5. The van der Waals surface area contributed by atoms with Crippen LogP contribution < -0.4 is 5.43 Å². The number of benzene rings is 2. The lowest BCUT2D eigenvalue weighted by molar-refractivity contribution is 0.217. The Labute approximate surface area is 193 Å². The zero-order valence-corrected chi connectivity index (χ0v) is 19.9. The van der Waals surface area contributed by atoms with E-state index < -0.39 is 0 Å². The summed E-state index contributed by atoms with van der Waals surface area (Å²) in [7, 11) is 0. The van der Waals surface area contributed by atoms with Gasteiger partial charge < -0.3 is 4.57 Å². The molecule has 0 saturated heterocycles. The Bertz CT molecular complexity index is 1300. The van der Waals surface area contributed by atoms with Gasteiger partial charge in [-0.1, -0.05) is 81.4 Å². The highest BCUT2D eigenvalue weighted by Crippen LogP contribution is 2.39. The highest BCUT2D eigenvalue weighted by atomic mass is 32.1. The van der Waals surface area contributed by atoms with Crippen LogP contribution in [0.4, 0.5) is 0 Å². The molecule has 3 nitrogen and oxygen atoms in total. The van der Waals surface area contributed by atoms with Gasteiger partial charge in [0.2, 0.25) is 5.43 Å². The Morgan fingerprint density at radius 2 is 1.66 bits per heavy atom. The smallest absolute Gasteiger partial charge is 0.211 e. The van der Waals surface area contributed by atoms with Crippen molar-refractivity contribution >= 4 is 21.7 Å². The van der Waals surface area contributed by atoms with Gasteiger partial charge in [0.15, 0.2) is 0 Å². The van der Waals surface area contributed by atoms with E-state index in [1.807, 2.05) is 12.1 Å². The van der Waals surface area contributed by atoms with Crippen molar-refractivity contribution in [1.82, 2.24) is 9.55 Å². The van der Waals surface area contributed by atoms with Gasteiger partial charge in [-0.2, -0.15) is 0 Å². The number of hydrogen-bond acceptors (Lipinski definition) is 3. The van der Waals surface area contributed by atoms with E-state index in [4.69, 9.17) is 4.98 Å². The minimum atomic E-state index is 0.155. The zero-order chi connectivity index (χ0) is 22.3. The van der Waals surface area contributed by atoms with Crippen LogP contribution in [0.5, 0.6) is 0 Å². The molecule has 164 valence electrons. The SMILES string of the molecule is CC(C)(C)C1CCc2c(sc3c(nc(Cc4ccccc4)n3Cc3ccccc3)c2=O)C1. The highest BCUT2D eigenvalue weighted by molar-refractivity contribution is 7.18. The van der Waals surface area contributed by atoms with Crippen molar-refractivity contribution in [3.63, 3.8) is 0 Å². The van der Waals surface area contributed by atoms with E-state index in [2.05, 4.69) is 73.9 Å². The number of imidazole rings is 1. The van der Waals surface area contributed by atoms with Crippen molar-refractivity contribution in [2.24, 2.45) is 11.3 Å². The molecule has 0 amide bonds. The molecular formula is C28H30N2OS. The summed E-state index contributed by atoms with van der Waals surface area (Å²) in [5.74, 6) is 1.58. The first-order valence-corrected chi connectivity index (χ1v) is 12.3. The van der Waals surface area contributed by atoms with Gasteiger partial charge in [-0.25, -0.2) is 4.98 Å². The number of aromatic nitrogens is 2. The van der Waals surface area contributed by atoms with Gasteiger partial charge in [-0.05, 0) is 41.7 Å². The van der Waals surface area contributed by atoms with E-state index in [1.54, 1.807) is 11.3 Å². The van der Waals surface area contributed by atoms with Crippen LogP contribution in [-0.4, -0.2) is 9.55 Å². The summed E-state index contributed by atoms with van der Waals surface area (Å²) in [5.41, 5.74) is 4.52. The fourth-order valence-corrected chi connectivity index (χ4v) is 6.18. The molecule has 5 rings (SSSR count). The van der Waals surface area contributed by atoms with Gasteiger partial charge in [0, 0.05) is 16.9 Å². The van der Waals surface area contributed by atoms with Gasteiger partial charge in [0.05, 0.1) is 6.54 Å². The van der Waals surface area contributed by atoms with Gasteiger partial charge in [0.1, 0.15) is 16.2 Å². The molecule has 0 fully saturated rings. The summed E-state index contributed by atoms with van der Waals surface area (Å²) in [4.78, 5) is 20.8. The molecule has 0 saturated carbocycles. The molecular weight excluding hydrogens is 412 g/mol. The van der Waals surface area contributed by atoms with Crippen LogP contribution >= 0.6 is 11.3 Å². The molecule has 4 heteroatoms. The van der Waals surface area contributed by atoms with E-state index in [1.165, 1.54) is 16.0 Å². The molecule has 0 bridgehead atoms. The number of nitrogens with zero attached hydrogens (tertiary/aromatic N) is 2. The third-order valence-corrected chi connectivity index (χ3v) is 8.10. The highest BCUT2D eigenvalue weighted by Gasteiger charge is 2.31. The van der Waals surface area contributed by atoms with E-state index >= 15 is 0 Å². The Balaban J connectivity index is 1.65. The second kappa shape index (κ2) is 8.32. The average Bonchev–Trinajstić information content (AvgIpc) is 3.11. The molecule has 1 aliphatic carbocycles. The zero-order valence-electron chi connectivity index (χ0n) is 19.1. The van der Waals surface area contributed by atoms with Crippen LogP contribution in [0, 0.1) is 11.3 Å². The van der Waals surface area contributed by atoms with E-state index in [0.717, 1.165) is 48.4 Å². The summed E-state index contributed by atoms with van der Waals surface area (Å²) >= 11 is 1.80. The Hall–Kier alpha value is -2.72. The molecule has 2 aromatic carbocycles. The molecule has 0 N–H and O–H groups in total. The van der Waals surface area contributed by atoms with E-state index in [-0.39, 0.29) is 10.8 Å². The first-order chi connectivity index (χ1) is 15.4. The van der Waals surface area contributed by atoms with Crippen LogP contribution in [0.25, 0.3) is 10.3 Å². The molecule has 0 spiro atoms. The minimum absolute atomic E-state index is 0.155. The summed E-state index contributed by atoms with van der Waals surface area (Å²) in [6.45, 7) is 7.70. The summed E-state index contributed by atoms with van der Waals surface area (Å²) in [6, 6.07) is 20.9. The summed E-state index contributed by atoms with van der Waals surface area (Å²) in [6.07, 6.45) is 3.69. The van der Waals surface area contributed by atoms with Crippen LogP contribution in [0.3, 0.4) is 0 Å². The van der Waals surface area contributed by atoms with Crippen LogP contribution in [0.2, 0.25) is 0 Å². The quantitative estimate of drug-likeness (QED) is 0.374. The monoisotopic (exact) mass is 442 g/mol. The second-order valence-corrected chi connectivity index (χ2v) is 11.1. The normalized spacial score (nSPS) is 16.3. The molecule has 0 aliphatic heterocycles. The van der Waals surface area contributed by atoms with Gasteiger partial charge in [0.25, 0.3) is 0 Å². The first-order valence-electron chi connectivity index (χ1n) is 11.5. The molecule has 2 aromatic heterocycles. The van der Waals surface area contributed by atoms with Gasteiger partial charge in [-0.3, -0.25) is 4.79 Å². The largest absolute Gasteiger partial charge is 0.315 e. The molecule has 1 atom stereocenters. The van der Waals surface area contributed by atoms with Gasteiger partial charge >= 0.3 is 0 Å². The summed E-state index contributed by atoms with van der Waals surface area (Å²) in [5, 5.41) is 0. The fourth-order valence-electron chi connectivity index (χ4n) is 4.83. The van der Waals surface area contributed by atoms with Crippen LogP contribution in [-0.2, 0) is 25.8 Å². The maximum Gasteiger partial charge on any atom is 0.211 e. The standard InChI is InChI=1S/C28H30N2OS/c1-28(2,3)21-14-15-22-23(17-21)32-27-25(26(22)31)29-24(16-19-10-6-4-7-11-19)30(27)18-20-12-8-5-9-13-20/h4-13,21H,14-18H2,1-3H3. The number of rotatable bonds is 4. The number of fused-ring (bicyclic) bond motifs is 2. The van der Waals surface area contributed by atoms with Crippen LogP contribution in [0.15, 0.2) is 65.5 Å². The minimum Gasteiger partial charge on any atom is -0.315 e. The van der Waals surface area contributed by atoms with Crippen molar-refractivity contribution in [3.8, 4) is 0 Å². The van der Waals surface area contributed by atoms with Crippen LogP contribution in [0.1, 0.15) is 54.6 Å². The lowest BCUT2D eigenvalue weighted by Gasteiger charge is -2.34. The third kappa shape index (κ3) is 4.04. The molecule has 32 heavy (non-hydrogen) atoms. The topological polar surface area (TPSA) is 34.9 Å². The Morgan fingerprint density at radius 3 is 2.31 bits per heavy atom. The predicted octanol–water partition coefficient (Wildman–Crippen LogP) is 6.25. The summed E-state index contributed by atoms with van der Waals surface area (Å²) < 4.78 is 2.28. The van der Waals surface area contributed by atoms with E-state index in [9.17, 15) is 4.79 Å². The average molecular weight is 443 g/mol. The lowest BCUT2D eigenvalue weighted by Crippen LogP contribution is -2.29. The molecule has 1 unspecified atom stereocenters. The Morgan fingerprint density at radius 1 is 1.00 bits per heavy atom. The Kier molecular flexibility index (Phi) is 5.50. The van der Waals surface area contributed by atoms with E-state index in [0.29, 0.717) is 11.4 Å². The molecule has 0 radical (unpaired) electrons. The van der Waals surface area contributed by atoms with Gasteiger partial charge in [-0.15, -0.1) is 11.3 Å². The predicted molar refractivity (Wildman–Crippen MR) is 134 cm³/mol. The molecule has 2 heterocycles. The van der Waals surface area contributed by atoms with Crippen molar-refractivity contribution in [3.05, 3.63) is 98.3 Å². The fraction of sp³-hybridized carbons (Fsp3) is 0.357. The third-order valence-electron chi connectivity index (χ3n) is 6.83. The van der Waals surface area contributed by atoms with Crippen molar-refractivity contribution < 1.29 is 0 Å². The molecule has 1 aliphatic rings. The number of hydrogen-bond donors (Lipinski definition) is 0. The maximum atomic E-state index is 13.5. The lowest BCUT2D eigenvalue weighted by atomic mass is 9.72. The van der Waals surface area contributed by atoms with Crippen molar-refractivity contribution in [1.29, 1.82) is 0 Å². The van der Waals surface area contributed by atoms with Crippen molar-refractivity contribution in [2.75, 3.05) is 0 Å². The van der Waals surface area contributed by atoms with Crippen molar-refractivity contribution in [2.45, 2.75) is 53.0 Å².